The van der Waals surface area contributed by atoms with Gasteiger partial charge in [-0.3, -0.25) is 4.79 Å². The lowest BCUT2D eigenvalue weighted by Crippen LogP contribution is -2.25. The van der Waals surface area contributed by atoms with Gasteiger partial charge in [0.1, 0.15) is 0 Å². The van der Waals surface area contributed by atoms with Crippen LogP contribution in [0.4, 0.5) is 0 Å². The van der Waals surface area contributed by atoms with Crippen LogP contribution >= 0.6 is 34.8 Å². The van der Waals surface area contributed by atoms with Gasteiger partial charge in [-0.25, -0.2) is 4.68 Å². The van der Waals surface area contributed by atoms with E-state index in [1.807, 2.05) is 24.3 Å². The summed E-state index contributed by atoms with van der Waals surface area (Å²) in [6, 6.07) is 12.6. The van der Waals surface area contributed by atoms with Crippen molar-refractivity contribution >= 4 is 40.7 Å². The molecule has 0 fully saturated rings. The molecule has 1 aromatic heterocycles. The molecular weight excluding hydrogens is 381 g/mol. The van der Waals surface area contributed by atoms with E-state index in [9.17, 15) is 4.79 Å². The molecule has 0 atom stereocenters. The molecule has 25 heavy (non-hydrogen) atoms. The van der Waals surface area contributed by atoms with E-state index in [1.54, 1.807) is 24.4 Å². The van der Waals surface area contributed by atoms with Crippen LogP contribution < -0.4 is 5.32 Å². The average Bonchev–Trinajstić information content (AvgIpc) is 3.07. The molecule has 0 aliphatic rings. The van der Waals surface area contributed by atoms with Crippen molar-refractivity contribution < 1.29 is 4.79 Å². The number of halogens is 3. The topological polar surface area (TPSA) is 46.9 Å². The molecule has 1 amide bonds. The molecule has 3 aromatic rings. The summed E-state index contributed by atoms with van der Waals surface area (Å²) in [5, 5.41) is 8.77. The van der Waals surface area contributed by atoms with Gasteiger partial charge < -0.3 is 5.32 Å². The van der Waals surface area contributed by atoms with Gasteiger partial charge in [-0.15, -0.1) is 0 Å². The molecule has 128 valence electrons. The summed E-state index contributed by atoms with van der Waals surface area (Å²) in [6.45, 7) is 0.502. The first-order valence-electron chi connectivity index (χ1n) is 7.55. The van der Waals surface area contributed by atoms with Crippen LogP contribution in [0.15, 0.2) is 54.9 Å². The third-order valence-corrected chi connectivity index (χ3v) is 4.38. The number of hydrogen-bond donors (Lipinski definition) is 1. The second kappa shape index (κ2) is 7.91. The molecule has 1 heterocycles. The zero-order valence-electron chi connectivity index (χ0n) is 13.0. The van der Waals surface area contributed by atoms with Crippen molar-refractivity contribution in [1.29, 1.82) is 0 Å². The zero-order chi connectivity index (χ0) is 17.8. The first-order valence-corrected chi connectivity index (χ1v) is 8.69. The quantitative estimate of drug-likeness (QED) is 0.675. The minimum atomic E-state index is -0.202. The van der Waals surface area contributed by atoms with Gasteiger partial charge in [0.2, 0.25) is 0 Å². The van der Waals surface area contributed by atoms with Crippen molar-refractivity contribution in [2.75, 3.05) is 6.54 Å². The average molecular weight is 395 g/mol. The second-order valence-corrected chi connectivity index (χ2v) is 6.69. The lowest BCUT2D eigenvalue weighted by molar-refractivity contribution is 0.0954. The van der Waals surface area contributed by atoms with Gasteiger partial charge in [0.05, 0.1) is 22.5 Å². The highest BCUT2D eigenvalue weighted by molar-refractivity contribution is 6.34. The second-order valence-electron chi connectivity index (χ2n) is 5.41. The number of amides is 1. The smallest absolute Gasteiger partial charge is 0.254 e. The standard InChI is InChI=1S/C18H14Cl3N3O/c19-14-3-1-2-12(8-14)6-7-22-18(25)13-10-23-24(11-13)17-9-15(20)4-5-16(17)21/h1-5,8-11H,6-7H2,(H,22,25). The van der Waals surface area contributed by atoms with E-state index in [-0.39, 0.29) is 5.91 Å². The Bertz CT molecular complexity index is 908. The van der Waals surface area contributed by atoms with Crippen molar-refractivity contribution in [1.82, 2.24) is 15.1 Å². The molecule has 4 nitrogen and oxygen atoms in total. The van der Waals surface area contributed by atoms with E-state index in [0.29, 0.717) is 39.3 Å². The lowest BCUT2D eigenvalue weighted by Gasteiger charge is -2.05. The Morgan fingerprint density at radius 3 is 2.68 bits per heavy atom. The highest BCUT2D eigenvalue weighted by atomic mass is 35.5. The van der Waals surface area contributed by atoms with Crippen LogP contribution in [0.3, 0.4) is 0 Å². The number of nitrogens with zero attached hydrogens (tertiary/aromatic N) is 2. The minimum Gasteiger partial charge on any atom is -0.352 e. The highest BCUT2D eigenvalue weighted by Gasteiger charge is 2.11. The summed E-state index contributed by atoms with van der Waals surface area (Å²) in [5.74, 6) is -0.202. The maximum Gasteiger partial charge on any atom is 0.254 e. The molecule has 0 bridgehead atoms. The van der Waals surface area contributed by atoms with Crippen molar-refractivity contribution in [2.45, 2.75) is 6.42 Å². The maximum absolute atomic E-state index is 12.2. The van der Waals surface area contributed by atoms with Crippen molar-refractivity contribution in [3.05, 3.63) is 81.1 Å². The largest absolute Gasteiger partial charge is 0.352 e. The van der Waals surface area contributed by atoms with Crippen LogP contribution in [0.25, 0.3) is 5.69 Å². The summed E-state index contributed by atoms with van der Waals surface area (Å²) in [5.41, 5.74) is 2.13. The number of carbonyl (C=O) groups excluding carboxylic acids is 1. The Hall–Kier alpha value is -2.01. The first-order chi connectivity index (χ1) is 12.0. The molecule has 0 spiro atoms. The summed E-state index contributed by atoms with van der Waals surface area (Å²) in [4.78, 5) is 12.2. The Morgan fingerprint density at radius 2 is 1.88 bits per heavy atom. The Morgan fingerprint density at radius 1 is 1.08 bits per heavy atom. The van der Waals surface area contributed by atoms with Crippen molar-refractivity contribution in [3.8, 4) is 5.69 Å². The number of benzene rings is 2. The SMILES string of the molecule is O=C(NCCc1cccc(Cl)c1)c1cnn(-c2cc(Cl)ccc2Cl)c1. The first kappa shape index (κ1) is 17.8. The normalized spacial score (nSPS) is 10.7. The van der Waals surface area contributed by atoms with E-state index in [4.69, 9.17) is 34.8 Å². The Balaban J connectivity index is 1.63. The summed E-state index contributed by atoms with van der Waals surface area (Å²) >= 11 is 18.1. The summed E-state index contributed by atoms with van der Waals surface area (Å²) < 4.78 is 1.53. The third-order valence-electron chi connectivity index (χ3n) is 3.59. The molecule has 0 saturated heterocycles. The van der Waals surface area contributed by atoms with Crippen LogP contribution in [0, 0.1) is 0 Å². The van der Waals surface area contributed by atoms with Crippen molar-refractivity contribution in [2.24, 2.45) is 0 Å². The third kappa shape index (κ3) is 4.54. The molecule has 0 unspecified atom stereocenters. The highest BCUT2D eigenvalue weighted by Crippen LogP contribution is 2.24. The van der Waals surface area contributed by atoms with Gasteiger partial charge in [-0.1, -0.05) is 46.9 Å². The Labute approximate surface area is 160 Å². The Kier molecular flexibility index (Phi) is 5.63. The van der Waals surface area contributed by atoms with Crippen LogP contribution in [0.2, 0.25) is 15.1 Å². The predicted molar refractivity (Wildman–Crippen MR) is 101 cm³/mol. The molecular formula is C18H14Cl3N3O. The summed E-state index contributed by atoms with van der Waals surface area (Å²) in [6.07, 6.45) is 3.80. The number of aromatic nitrogens is 2. The minimum absolute atomic E-state index is 0.202. The van der Waals surface area contributed by atoms with Crippen LogP contribution in [-0.4, -0.2) is 22.2 Å². The molecule has 1 N–H and O–H groups in total. The van der Waals surface area contributed by atoms with Crippen molar-refractivity contribution in [3.63, 3.8) is 0 Å². The zero-order valence-corrected chi connectivity index (χ0v) is 15.3. The molecule has 0 saturated carbocycles. The fourth-order valence-corrected chi connectivity index (χ4v) is 2.93. The predicted octanol–water partition coefficient (Wildman–Crippen LogP) is 4.81. The van der Waals surface area contributed by atoms with Gasteiger partial charge in [0.15, 0.2) is 0 Å². The van der Waals surface area contributed by atoms with Crippen LogP contribution in [0.1, 0.15) is 15.9 Å². The van der Waals surface area contributed by atoms with E-state index >= 15 is 0 Å². The van der Waals surface area contributed by atoms with Gasteiger partial charge in [0.25, 0.3) is 5.91 Å². The monoisotopic (exact) mass is 393 g/mol. The van der Waals surface area contributed by atoms with Crippen LogP contribution in [0.5, 0.6) is 0 Å². The molecule has 3 rings (SSSR count). The molecule has 0 aliphatic heterocycles. The fourth-order valence-electron chi connectivity index (χ4n) is 2.35. The van der Waals surface area contributed by atoms with Gasteiger partial charge >= 0.3 is 0 Å². The number of hydrogen-bond acceptors (Lipinski definition) is 2. The number of nitrogens with one attached hydrogen (secondary N) is 1. The van der Waals surface area contributed by atoms with Gasteiger partial charge in [0, 0.05) is 22.8 Å². The number of rotatable bonds is 5. The van der Waals surface area contributed by atoms with E-state index < -0.39 is 0 Å². The van der Waals surface area contributed by atoms with E-state index in [0.717, 1.165) is 5.56 Å². The summed E-state index contributed by atoms with van der Waals surface area (Å²) in [7, 11) is 0. The molecule has 0 aliphatic carbocycles. The molecule has 0 radical (unpaired) electrons. The number of carbonyl (C=O) groups is 1. The fraction of sp³-hybridized carbons (Fsp3) is 0.111. The van der Waals surface area contributed by atoms with E-state index in [1.165, 1.54) is 10.9 Å². The van der Waals surface area contributed by atoms with Gasteiger partial charge in [-0.05, 0) is 42.3 Å². The molecule has 2 aromatic carbocycles. The lowest BCUT2D eigenvalue weighted by atomic mass is 10.1. The van der Waals surface area contributed by atoms with Crippen LogP contribution in [-0.2, 0) is 6.42 Å². The molecule has 7 heteroatoms. The van der Waals surface area contributed by atoms with Gasteiger partial charge in [-0.2, -0.15) is 5.10 Å². The van der Waals surface area contributed by atoms with E-state index in [2.05, 4.69) is 10.4 Å². The maximum atomic E-state index is 12.2.